The molecule has 0 aliphatic rings. The Bertz CT molecular complexity index is 632. The van der Waals surface area contributed by atoms with Gasteiger partial charge in [-0.3, -0.25) is 9.63 Å². The van der Waals surface area contributed by atoms with E-state index >= 15 is 0 Å². The lowest BCUT2D eigenvalue weighted by Crippen LogP contribution is -2.24. The van der Waals surface area contributed by atoms with Crippen LogP contribution in [0.15, 0.2) is 30.5 Å². The summed E-state index contributed by atoms with van der Waals surface area (Å²) in [4.78, 5) is 17.2. The lowest BCUT2D eigenvalue weighted by atomic mass is 10.0. The summed E-state index contributed by atoms with van der Waals surface area (Å²) in [5, 5.41) is 4.40. The second-order valence-corrected chi connectivity index (χ2v) is 5.16. The van der Waals surface area contributed by atoms with Gasteiger partial charge in [0.1, 0.15) is 0 Å². The van der Waals surface area contributed by atoms with Crippen molar-refractivity contribution in [1.82, 2.24) is 15.3 Å². The van der Waals surface area contributed by atoms with E-state index in [1.807, 2.05) is 56.6 Å². The molecule has 0 fully saturated rings. The summed E-state index contributed by atoms with van der Waals surface area (Å²) >= 11 is 0. The molecule has 2 aromatic rings. The van der Waals surface area contributed by atoms with Crippen LogP contribution in [-0.2, 0) is 4.84 Å². The number of nitrogens with one attached hydrogen (secondary N) is 1. The summed E-state index contributed by atoms with van der Waals surface area (Å²) in [6, 6.07) is 7.98. The maximum atomic E-state index is 12.2. The Morgan fingerprint density at radius 1 is 1.38 bits per heavy atom. The van der Waals surface area contributed by atoms with Crippen molar-refractivity contribution in [2.24, 2.45) is 0 Å². The summed E-state index contributed by atoms with van der Waals surface area (Å²) in [6.07, 6.45) is 1.59. The van der Waals surface area contributed by atoms with Gasteiger partial charge in [-0.05, 0) is 31.4 Å². The Hall–Kier alpha value is -2.14. The number of nitrogens with zero attached hydrogens (tertiary/aromatic N) is 2. The maximum absolute atomic E-state index is 12.2. The van der Waals surface area contributed by atoms with Crippen molar-refractivity contribution in [1.29, 1.82) is 0 Å². The second kappa shape index (κ2) is 6.54. The fourth-order valence-electron chi connectivity index (χ4n) is 2.27. The highest BCUT2D eigenvalue weighted by Crippen LogP contribution is 2.24. The predicted molar refractivity (Wildman–Crippen MR) is 81.5 cm³/mol. The van der Waals surface area contributed by atoms with Gasteiger partial charge in [0.05, 0.1) is 29.7 Å². The van der Waals surface area contributed by atoms with E-state index in [2.05, 4.69) is 10.6 Å². The van der Waals surface area contributed by atoms with Crippen LogP contribution >= 0.6 is 0 Å². The molecule has 0 spiro atoms. The number of amides is 1. The number of carbonyl (C=O) groups is 1. The molecule has 5 heteroatoms. The lowest BCUT2D eigenvalue weighted by molar-refractivity contribution is 0.0363. The predicted octanol–water partition coefficient (Wildman–Crippen LogP) is 2.99. The minimum Gasteiger partial charge on any atom is -0.274 e. The largest absolute Gasteiger partial charge is 0.278 e. The highest BCUT2D eigenvalue weighted by molar-refractivity contribution is 5.94. The first-order valence-electron chi connectivity index (χ1n) is 7.12. The van der Waals surface area contributed by atoms with Crippen molar-refractivity contribution < 1.29 is 9.63 Å². The first-order chi connectivity index (χ1) is 10.1. The molecule has 1 aromatic carbocycles. The molecule has 0 saturated carbocycles. The quantitative estimate of drug-likeness (QED) is 0.860. The van der Waals surface area contributed by atoms with E-state index in [0.717, 1.165) is 16.9 Å². The number of carbonyl (C=O) groups excluding carboxylic acids is 1. The maximum Gasteiger partial charge on any atom is 0.278 e. The number of aryl methyl sites for hydroxylation is 1. The molecule has 0 saturated heterocycles. The summed E-state index contributed by atoms with van der Waals surface area (Å²) < 4.78 is 1.83. The van der Waals surface area contributed by atoms with Gasteiger partial charge in [-0.15, -0.1) is 0 Å². The minimum absolute atomic E-state index is 0.162. The van der Waals surface area contributed by atoms with Crippen LogP contribution in [0.25, 0.3) is 5.69 Å². The van der Waals surface area contributed by atoms with Gasteiger partial charge < -0.3 is 0 Å². The Morgan fingerprint density at radius 2 is 2.10 bits per heavy atom. The number of hydrogen-bond donors (Lipinski definition) is 1. The number of benzene rings is 1. The first kappa shape index (κ1) is 15.3. The van der Waals surface area contributed by atoms with E-state index in [1.165, 1.54) is 0 Å². The smallest absolute Gasteiger partial charge is 0.274 e. The summed E-state index contributed by atoms with van der Waals surface area (Å²) in [5.41, 5.74) is 5.94. The van der Waals surface area contributed by atoms with Crippen molar-refractivity contribution in [2.75, 3.05) is 6.61 Å². The summed E-state index contributed by atoms with van der Waals surface area (Å²) in [6.45, 7) is 8.36. The van der Waals surface area contributed by atoms with E-state index in [1.54, 1.807) is 6.20 Å². The van der Waals surface area contributed by atoms with Gasteiger partial charge in [-0.25, -0.2) is 10.2 Å². The molecule has 2 rings (SSSR count). The molecule has 5 nitrogen and oxygen atoms in total. The average molecular weight is 287 g/mol. The van der Waals surface area contributed by atoms with E-state index in [0.29, 0.717) is 12.2 Å². The van der Waals surface area contributed by atoms with Gasteiger partial charge in [0.25, 0.3) is 5.91 Å². The molecule has 112 valence electrons. The molecule has 1 N–H and O–H groups in total. The number of hydrogen-bond acceptors (Lipinski definition) is 3. The molecular weight excluding hydrogens is 266 g/mol. The molecule has 1 heterocycles. The highest BCUT2D eigenvalue weighted by atomic mass is 16.6. The molecule has 21 heavy (non-hydrogen) atoms. The van der Waals surface area contributed by atoms with Crippen molar-refractivity contribution in [3.8, 4) is 5.69 Å². The SMILES string of the molecule is CCONC(=O)c1cnn(-c2ccccc2C)c1C(C)C. The third-order valence-electron chi connectivity index (χ3n) is 3.25. The van der Waals surface area contributed by atoms with E-state index < -0.39 is 0 Å². The van der Waals surface area contributed by atoms with Crippen molar-refractivity contribution in [3.63, 3.8) is 0 Å². The monoisotopic (exact) mass is 287 g/mol. The number of aromatic nitrogens is 2. The zero-order valence-corrected chi connectivity index (χ0v) is 12.9. The van der Waals surface area contributed by atoms with Crippen LogP contribution in [0, 0.1) is 6.92 Å². The van der Waals surface area contributed by atoms with Crippen LogP contribution in [0.1, 0.15) is 48.3 Å². The van der Waals surface area contributed by atoms with E-state index in [4.69, 9.17) is 4.84 Å². The third kappa shape index (κ3) is 3.13. The Kier molecular flexibility index (Phi) is 4.75. The zero-order chi connectivity index (χ0) is 15.4. The molecule has 0 radical (unpaired) electrons. The van der Waals surface area contributed by atoms with Crippen LogP contribution in [0.2, 0.25) is 0 Å². The third-order valence-corrected chi connectivity index (χ3v) is 3.25. The fraction of sp³-hybridized carbons (Fsp3) is 0.375. The van der Waals surface area contributed by atoms with Crippen LogP contribution in [0.3, 0.4) is 0 Å². The second-order valence-electron chi connectivity index (χ2n) is 5.16. The normalized spacial score (nSPS) is 10.9. The van der Waals surface area contributed by atoms with Gasteiger partial charge >= 0.3 is 0 Å². The van der Waals surface area contributed by atoms with Crippen molar-refractivity contribution >= 4 is 5.91 Å². The number of para-hydroxylation sites is 1. The molecule has 1 aromatic heterocycles. The average Bonchev–Trinajstić information content (AvgIpc) is 2.90. The minimum atomic E-state index is -0.264. The Labute approximate surface area is 124 Å². The Morgan fingerprint density at radius 3 is 2.71 bits per heavy atom. The zero-order valence-electron chi connectivity index (χ0n) is 12.9. The molecular formula is C16H21N3O2. The van der Waals surface area contributed by atoms with Crippen molar-refractivity contribution in [2.45, 2.75) is 33.6 Å². The van der Waals surface area contributed by atoms with Crippen LogP contribution in [0.5, 0.6) is 0 Å². The topological polar surface area (TPSA) is 56.1 Å². The fourth-order valence-corrected chi connectivity index (χ4v) is 2.27. The lowest BCUT2D eigenvalue weighted by Gasteiger charge is -2.14. The number of hydroxylamine groups is 1. The highest BCUT2D eigenvalue weighted by Gasteiger charge is 2.21. The van der Waals surface area contributed by atoms with Crippen LogP contribution < -0.4 is 5.48 Å². The van der Waals surface area contributed by atoms with E-state index in [-0.39, 0.29) is 11.8 Å². The van der Waals surface area contributed by atoms with Crippen LogP contribution in [0.4, 0.5) is 0 Å². The molecule has 0 aliphatic carbocycles. The molecule has 0 unspecified atom stereocenters. The molecule has 1 amide bonds. The first-order valence-corrected chi connectivity index (χ1v) is 7.12. The standard InChI is InChI=1S/C16H21N3O2/c1-5-21-18-16(20)13-10-17-19(15(13)11(2)3)14-9-7-6-8-12(14)4/h6-11H,5H2,1-4H3,(H,18,20). The van der Waals surface area contributed by atoms with Gasteiger partial charge in [-0.2, -0.15) is 5.10 Å². The van der Waals surface area contributed by atoms with Crippen LogP contribution in [-0.4, -0.2) is 22.3 Å². The van der Waals surface area contributed by atoms with Gasteiger partial charge in [-0.1, -0.05) is 32.0 Å². The van der Waals surface area contributed by atoms with Crippen molar-refractivity contribution in [3.05, 3.63) is 47.3 Å². The summed E-state index contributed by atoms with van der Waals surface area (Å²) in [7, 11) is 0. The Balaban J connectivity index is 2.47. The molecule has 0 aliphatic heterocycles. The number of rotatable bonds is 5. The van der Waals surface area contributed by atoms with E-state index in [9.17, 15) is 4.79 Å². The molecule has 0 bridgehead atoms. The molecule has 0 atom stereocenters. The van der Waals surface area contributed by atoms with Gasteiger partial charge in [0, 0.05) is 0 Å². The van der Waals surface area contributed by atoms with Gasteiger partial charge in [0.2, 0.25) is 0 Å². The summed E-state index contributed by atoms with van der Waals surface area (Å²) in [5.74, 6) is -0.102. The van der Waals surface area contributed by atoms with Gasteiger partial charge in [0.15, 0.2) is 0 Å².